The molecule has 0 saturated carbocycles. The smallest absolute Gasteiger partial charge is 0.152 e. The van der Waals surface area contributed by atoms with Gasteiger partial charge in [-0.05, 0) is 29.5 Å². The minimum absolute atomic E-state index is 0.106. The minimum atomic E-state index is -3.34. The molecule has 35 heavy (non-hydrogen) atoms. The van der Waals surface area contributed by atoms with Crippen LogP contribution >= 0.6 is 23.1 Å². The van der Waals surface area contributed by atoms with E-state index in [1.807, 2.05) is 53.9 Å². The zero-order chi connectivity index (χ0) is 25.1. The van der Waals surface area contributed by atoms with Crippen LogP contribution in [0.3, 0.4) is 0 Å². The molecule has 0 saturated heterocycles. The predicted octanol–water partition coefficient (Wildman–Crippen LogP) is 6.58. The lowest BCUT2D eigenvalue weighted by molar-refractivity contribution is 0.222. The average Bonchev–Trinajstić information content (AvgIpc) is 3.39. The van der Waals surface area contributed by atoms with Gasteiger partial charge in [-0.25, -0.2) is 13.4 Å². The molecular weight excluding hydrogens is 497 g/mol. The molecule has 1 aromatic carbocycles. The monoisotopic (exact) mass is 528 g/mol. The number of pyridine rings is 1. The van der Waals surface area contributed by atoms with E-state index in [1.165, 1.54) is 18.2 Å². The summed E-state index contributed by atoms with van der Waals surface area (Å²) >= 11 is 2.80. The van der Waals surface area contributed by atoms with Crippen molar-refractivity contribution in [2.45, 2.75) is 56.6 Å². The van der Waals surface area contributed by atoms with Crippen LogP contribution in [0.5, 0.6) is 0 Å². The number of unbranched alkanes of at least 4 members (excludes halogenated alkanes) is 5. The molecule has 2 aromatic heterocycles. The number of nitrogens with zero attached hydrogens (tertiary/aromatic N) is 2. The highest BCUT2D eigenvalue weighted by Crippen LogP contribution is 2.35. The number of aliphatic hydroxyl groups is 1. The first kappa shape index (κ1) is 27.4. The summed E-state index contributed by atoms with van der Waals surface area (Å²) in [5.41, 5.74) is 2.88. The Balaban J connectivity index is 1.71. The third-order valence-corrected chi connectivity index (χ3v) is 9.44. The molecule has 1 atom stereocenters. The van der Waals surface area contributed by atoms with E-state index >= 15 is 0 Å². The van der Waals surface area contributed by atoms with Gasteiger partial charge in [-0.1, -0.05) is 75.4 Å². The van der Waals surface area contributed by atoms with Gasteiger partial charge in [-0.2, -0.15) is 5.26 Å². The summed E-state index contributed by atoms with van der Waals surface area (Å²) < 4.78 is 25.0. The van der Waals surface area contributed by atoms with Crippen molar-refractivity contribution in [2.75, 3.05) is 17.3 Å². The number of rotatable bonds is 14. The number of hydrogen-bond donors (Lipinski definition) is 1. The Morgan fingerprint density at radius 1 is 1.09 bits per heavy atom. The Labute approximate surface area is 217 Å². The van der Waals surface area contributed by atoms with E-state index in [-0.39, 0.29) is 17.3 Å². The van der Waals surface area contributed by atoms with Gasteiger partial charge in [0.2, 0.25) is 0 Å². The fourth-order valence-electron chi connectivity index (χ4n) is 3.83. The highest BCUT2D eigenvalue weighted by molar-refractivity contribution is 7.99. The molecule has 0 radical (unpaired) electrons. The number of benzene rings is 1. The molecule has 0 spiro atoms. The quantitative estimate of drug-likeness (QED) is 0.188. The van der Waals surface area contributed by atoms with Crippen LogP contribution in [-0.4, -0.2) is 41.9 Å². The molecule has 0 aliphatic heterocycles. The molecule has 0 bridgehead atoms. The van der Waals surface area contributed by atoms with Crippen molar-refractivity contribution in [3.05, 3.63) is 59.5 Å². The molecule has 0 aliphatic rings. The summed E-state index contributed by atoms with van der Waals surface area (Å²) in [6.45, 7) is 2.15. The highest BCUT2D eigenvalue weighted by atomic mass is 32.2. The lowest BCUT2D eigenvalue weighted by atomic mass is 10.0. The van der Waals surface area contributed by atoms with Gasteiger partial charge in [-0.15, -0.1) is 23.1 Å². The number of aromatic nitrogens is 1. The van der Waals surface area contributed by atoms with E-state index in [0.717, 1.165) is 47.4 Å². The molecule has 3 rings (SSSR count). The first-order chi connectivity index (χ1) is 16.9. The van der Waals surface area contributed by atoms with Crippen molar-refractivity contribution in [1.82, 2.24) is 4.98 Å². The van der Waals surface area contributed by atoms with E-state index in [1.54, 1.807) is 11.3 Å². The number of thiophene rings is 1. The number of aliphatic hydroxyl groups excluding tert-OH is 1. The average molecular weight is 529 g/mol. The summed E-state index contributed by atoms with van der Waals surface area (Å²) in [5, 5.41) is 22.9. The zero-order valence-electron chi connectivity index (χ0n) is 20.0. The molecule has 1 N–H and O–H groups in total. The molecule has 186 valence electrons. The fraction of sp³-hybridized carbons (Fsp3) is 0.407. The zero-order valence-corrected chi connectivity index (χ0v) is 22.5. The van der Waals surface area contributed by atoms with Gasteiger partial charge < -0.3 is 5.11 Å². The first-order valence-corrected chi connectivity index (χ1v) is 15.7. The third kappa shape index (κ3) is 8.46. The van der Waals surface area contributed by atoms with Crippen LogP contribution in [-0.2, 0) is 9.84 Å². The van der Waals surface area contributed by atoms with Crippen molar-refractivity contribution in [3.63, 3.8) is 0 Å². The highest BCUT2D eigenvalue weighted by Gasteiger charge is 2.20. The topological polar surface area (TPSA) is 91.1 Å². The second-order valence-electron chi connectivity index (χ2n) is 8.54. The lowest BCUT2D eigenvalue weighted by Crippen LogP contribution is -2.25. The Bertz CT molecular complexity index is 1200. The maximum atomic E-state index is 12.5. The van der Waals surface area contributed by atoms with Crippen LogP contribution in [0.1, 0.15) is 51.0 Å². The van der Waals surface area contributed by atoms with Gasteiger partial charge in [0.25, 0.3) is 0 Å². The largest absolute Gasteiger partial charge is 0.391 e. The van der Waals surface area contributed by atoms with E-state index < -0.39 is 15.9 Å². The van der Waals surface area contributed by atoms with Crippen molar-refractivity contribution in [2.24, 2.45) is 0 Å². The molecule has 3 aromatic rings. The lowest BCUT2D eigenvalue weighted by Gasteiger charge is -2.14. The van der Waals surface area contributed by atoms with Crippen LogP contribution in [0.2, 0.25) is 0 Å². The Morgan fingerprint density at radius 3 is 2.51 bits per heavy atom. The Hall–Kier alpha value is -2.18. The maximum Gasteiger partial charge on any atom is 0.152 e. The van der Waals surface area contributed by atoms with Crippen LogP contribution < -0.4 is 0 Å². The molecular formula is C27H32N2O3S3. The van der Waals surface area contributed by atoms with Gasteiger partial charge in [0.15, 0.2) is 9.84 Å². The molecule has 0 aliphatic carbocycles. The first-order valence-electron chi connectivity index (χ1n) is 12.0. The van der Waals surface area contributed by atoms with E-state index in [4.69, 9.17) is 4.98 Å². The van der Waals surface area contributed by atoms with Crippen molar-refractivity contribution >= 4 is 32.9 Å². The Morgan fingerprint density at radius 2 is 1.83 bits per heavy atom. The van der Waals surface area contributed by atoms with Crippen molar-refractivity contribution in [3.8, 4) is 27.8 Å². The SMILES string of the molecule is CCCCCCCCS(=O)(=O)CC(O)CSc1nc(-c2cccs2)cc(-c2ccccc2)c1C#N. The molecule has 0 fully saturated rings. The van der Waals surface area contributed by atoms with E-state index in [0.29, 0.717) is 17.0 Å². The third-order valence-electron chi connectivity index (χ3n) is 5.62. The van der Waals surface area contributed by atoms with E-state index in [2.05, 4.69) is 13.0 Å². The second-order valence-corrected chi connectivity index (χ2v) is 12.7. The summed E-state index contributed by atoms with van der Waals surface area (Å²) in [6.07, 6.45) is 5.04. The second kappa shape index (κ2) is 13.8. The Kier molecular flexibility index (Phi) is 10.8. The summed E-state index contributed by atoms with van der Waals surface area (Å²) in [4.78, 5) is 5.70. The van der Waals surface area contributed by atoms with E-state index in [9.17, 15) is 18.8 Å². The standard InChI is InChI=1S/C27H32N2O3S3/c1-2-3-4-5-6-10-16-35(31,32)20-22(30)19-34-27-24(18-28)23(21-12-8-7-9-13-21)17-25(29-27)26-14-11-15-33-26/h7-9,11-15,17,22,30H,2-6,10,16,19-20H2,1H3. The normalized spacial score (nSPS) is 12.4. The minimum Gasteiger partial charge on any atom is -0.391 e. The number of sulfone groups is 1. The summed E-state index contributed by atoms with van der Waals surface area (Å²) in [5.74, 6) is -0.0128. The fourth-order valence-corrected chi connectivity index (χ4v) is 7.11. The molecule has 0 amide bonds. The van der Waals surface area contributed by atoms with Crippen LogP contribution in [0.4, 0.5) is 0 Å². The molecule has 1 unspecified atom stereocenters. The van der Waals surface area contributed by atoms with Crippen molar-refractivity contribution in [1.29, 1.82) is 5.26 Å². The van der Waals surface area contributed by atoms with Gasteiger partial charge in [-0.3, -0.25) is 0 Å². The number of hydrogen-bond acceptors (Lipinski definition) is 7. The molecule has 2 heterocycles. The summed E-state index contributed by atoms with van der Waals surface area (Å²) in [7, 11) is -3.34. The van der Waals surface area contributed by atoms with Gasteiger partial charge in [0.05, 0.1) is 33.7 Å². The maximum absolute atomic E-state index is 12.5. The van der Waals surface area contributed by atoms with Crippen molar-refractivity contribution < 1.29 is 13.5 Å². The molecule has 8 heteroatoms. The van der Waals surface area contributed by atoms with Gasteiger partial charge in [0, 0.05) is 11.3 Å². The van der Waals surface area contributed by atoms with Gasteiger partial charge in [0.1, 0.15) is 11.1 Å². The predicted molar refractivity (Wildman–Crippen MR) is 146 cm³/mol. The number of nitriles is 1. The summed E-state index contributed by atoms with van der Waals surface area (Å²) in [6, 6.07) is 17.8. The van der Waals surface area contributed by atoms with Crippen LogP contribution in [0.15, 0.2) is 58.9 Å². The van der Waals surface area contributed by atoms with Gasteiger partial charge >= 0.3 is 0 Å². The van der Waals surface area contributed by atoms with Crippen LogP contribution in [0.25, 0.3) is 21.7 Å². The molecule has 5 nitrogen and oxygen atoms in total. The van der Waals surface area contributed by atoms with Crippen LogP contribution in [0, 0.1) is 11.3 Å². The number of thioether (sulfide) groups is 1.